The largest absolute Gasteiger partial charge is 0.482 e. The van der Waals surface area contributed by atoms with Crippen molar-refractivity contribution in [1.29, 1.82) is 0 Å². The summed E-state index contributed by atoms with van der Waals surface area (Å²) in [4.78, 5) is 4.35. The standard InChI is InChI=1S/C17H17ClN2O/c1-2-6-15(13-7-4-3-5-8-13)21-16-11-14(18)12-20-10-9-19-17(16)20/h3-5,7-12,15H,2,6H2,1H3/t15-/m1/s1. The Labute approximate surface area is 129 Å². The third kappa shape index (κ3) is 3.03. The Balaban J connectivity index is 1.96. The summed E-state index contributed by atoms with van der Waals surface area (Å²) in [5.74, 6) is 0.717. The van der Waals surface area contributed by atoms with E-state index in [2.05, 4.69) is 24.0 Å². The van der Waals surface area contributed by atoms with Gasteiger partial charge in [-0.25, -0.2) is 4.98 Å². The molecule has 2 heterocycles. The number of nitrogens with zero attached hydrogens (tertiary/aromatic N) is 2. The molecule has 0 saturated carbocycles. The Morgan fingerprint density at radius 1 is 1.29 bits per heavy atom. The number of rotatable bonds is 5. The molecule has 0 amide bonds. The van der Waals surface area contributed by atoms with E-state index in [0.717, 1.165) is 24.2 Å². The lowest BCUT2D eigenvalue weighted by Crippen LogP contribution is -2.08. The smallest absolute Gasteiger partial charge is 0.179 e. The van der Waals surface area contributed by atoms with Crippen molar-refractivity contribution >= 4 is 17.2 Å². The van der Waals surface area contributed by atoms with Crippen LogP contribution in [0.3, 0.4) is 0 Å². The van der Waals surface area contributed by atoms with Gasteiger partial charge in [0, 0.05) is 24.7 Å². The van der Waals surface area contributed by atoms with Gasteiger partial charge < -0.3 is 9.14 Å². The van der Waals surface area contributed by atoms with Crippen LogP contribution in [0, 0.1) is 0 Å². The predicted molar refractivity (Wildman–Crippen MR) is 84.9 cm³/mol. The van der Waals surface area contributed by atoms with Gasteiger partial charge in [-0.05, 0) is 12.0 Å². The van der Waals surface area contributed by atoms with Gasteiger partial charge in [-0.1, -0.05) is 55.3 Å². The van der Waals surface area contributed by atoms with Crippen molar-refractivity contribution in [2.24, 2.45) is 0 Å². The minimum absolute atomic E-state index is 0.00941. The molecule has 0 aliphatic carbocycles. The fraction of sp³-hybridized carbons (Fsp3) is 0.235. The van der Waals surface area contributed by atoms with Gasteiger partial charge in [0.05, 0.1) is 5.02 Å². The molecule has 21 heavy (non-hydrogen) atoms. The minimum Gasteiger partial charge on any atom is -0.482 e. The molecular weight excluding hydrogens is 284 g/mol. The lowest BCUT2D eigenvalue weighted by atomic mass is 10.1. The number of aromatic nitrogens is 2. The summed E-state index contributed by atoms with van der Waals surface area (Å²) in [5, 5.41) is 0.638. The quantitative estimate of drug-likeness (QED) is 0.669. The fourth-order valence-electron chi connectivity index (χ4n) is 2.43. The molecule has 0 unspecified atom stereocenters. The normalized spacial score (nSPS) is 12.5. The molecule has 3 nitrogen and oxygen atoms in total. The summed E-state index contributed by atoms with van der Waals surface area (Å²) in [7, 11) is 0. The van der Waals surface area contributed by atoms with E-state index < -0.39 is 0 Å². The van der Waals surface area contributed by atoms with Gasteiger partial charge in [0.2, 0.25) is 0 Å². The zero-order valence-corrected chi connectivity index (χ0v) is 12.6. The zero-order chi connectivity index (χ0) is 14.7. The maximum atomic E-state index is 6.23. The highest BCUT2D eigenvalue weighted by Gasteiger charge is 2.15. The summed E-state index contributed by atoms with van der Waals surface area (Å²) in [5.41, 5.74) is 1.96. The van der Waals surface area contributed by atoms with Crippen molar-refractivity contribution in [3.05, 3.63) is 65.6 Å². The molecule has 0 N–H and O–H groups in total. The highest BCUT2D eigenvalue weighted by Crippen LogP contribution is 2.30. The maximum Gasteiger partial charge on any atom is 0.179 e. The van der Waals surface area contributed by atoms with E-state index in [9.17, 15) is 0 Å². The Bertz CT molecular complexity index is 724. The maximum absolute atomic E-state index is 6.23. The molecule has 108 valence electrons. The lowest BCUT2D eigenvalue weighted by molar-refractivity contribution is 0.195. The van der Waals surface area contributed by atoms with Crippen molar-refractivity contribution in [2.45, 2.75) is 25.9 Å². The molecule has 0 fully saturated rings. The molecule has 3 rings (SSSR count). The number of imidazole rings is 1. The fourth-order valence-corrected chi connectivity index (χ4v) is 2.64. The van der Waals surface area contributed by atoms with Crippen LogP contribution in [0.2, 0.25) is 5.02 Å². The predicted octanol–water partition coefficient (Wildman–Crippen LogP) is 4.91. The van der Waals surface area contributed by atoms with E-state index in [1.54, 1.807) is 6.20 Å². The molecule has 0 aliphatic rings. The van der Waals surface area contributed by atoms with Crippen LogP contribution in [0.1, 0.15) is 31.4 Å². The van der Waals surface area contributed by atoms with E-state index in [4.69, 9.17) is 16.3 Å². The topological polar surface area (TPSA) is 26.5 Å². The summed E-state index contributed by atoms with van der Waals surface area (Å²) in [6.45, 7) is 2.16. The second kappa shape index (κ2) is 6.19. The first-order valence-corrected chi connectivity index (χ1v) is 7.49. The lowest BCUT2D eigenvalue weighted by Gasteiger charge is -2.19. The molecule has 0 bridgehead atoms. The molecule has 0 aliphatic heterocycles. The van der Waals surface area contributed by atoms with Crippen LogP contribution in [0.15, 0.2) is 55.0 Å². The van der Waals surface area contributed by atoms with Gasteiger partial charge >= 0.3 is 0 Å². The van der Waals surface area contributed by atoms with Gasteiger partial charge in [-0.15, -0.1) is 0 Å². The summed E-state index contributed by atoms with van der Waals surface area (Å²) < 4.78 is 8.11. The van der Waals surface area contributed by atoms with E-state index in [0.29, 0.717) is 5.02 Å². The average molecular weight is 301 g/mol. The van der Waals surface area contributed by atoms with Gasteiger partial charge in [-0.2, -0.15) is 0 Å². The number of fused-ring (bicyclic) bond motifs is 1. The van der Waals surface area contributed by atoms with Crippen LogP contribution >= 0.6 is 11.6 Å². The third-order valence-corrected chi connectivity index (χ3v) is 3.62. The third-order valence-electron chi connectivity index (χ3n) is 3.41. The van der Waals surface area contributed by atoms with Crippen molar-refractivity contribution in [3.63, 3.8) is 0 Å². The zero-order valence-electron chi connectivity index (χ0n) is 11.9. The van der Waals surface area contributed by atoms with Crippen LogP contribution in [0.5, 0.6) is 5.75 Å². The number of hydrogen-bond donors (Lipinski definition) is 0. The number of benzene rings is 1. The van der Waals surface area contributed by atoms with Crippen molar-refractivity contribution in [1.82, 2.24) is 9.38 Å². The van der Waals surface area contributed by atoms with Gasteiger partial charge in [0.1, 0.15) is 6.10 Å². The van der Waals surface area contributed by atoms with Gasteiger partial charge in [0.25, 0.3) is 0 Å². The van der Waals surface area contributed by atoms with Crippen molar-refractivity contribution in [3.8, 4) is 5.75 Å². The van der Waals surface area contributed by atoms with Crippen LogP contribution in [-0.4, -0.2) is 9.38 Å². The number of hydrogen-bond acceptors (Lipinski definition) is 2. The van der Waals surface area contributed by atoms with E-state index >= 15 is 0 Å². The number of halogens is 1. The highest BCUT2D eigenvalue weighted by atomic mass is 35.5. The summed E-state index contributed by atoms with van der Waals surface area (Å²) in [6.07, 6.45) is 7.44. The van der Waals surface area contributed by atoms with Crippen LogP contribution in [0.4, 0.5) is 0 Å². The van der Waals surface area contributed by atoms with Crippen LogP contribution in [0.25, 0.3) is 5.65 Å². The monoisotopic (exact) mass is 300 g/mol. The Hall–Kier alpha value is -2.00. The molecule has 2 aromatic heterocycles. The second-order valence-corrected chi connectivity index (χ2v) is 5.42. The Morgan fingerprint density at radius 2 is 2.10 bits per heavy atom. The first-order valence-electron chi connectivity index (χ1n) is 7.11. The van der Waals surface area contributed by atoms with Crippen molar-refractivity contribution in [2.75, 3.05) is 0 Å². The summed E-state index contributed by atoms with van der Waals surface area (Å²) >= 11 is 6.16. The second-order valence-electron chi connectivity index (χ2n) is 4.99. The number of pyridine rings is 1. The van der Waals surface area contributed by atoms with Crippen LogP contribution in [-0.2, 0) is 0 Å². The van der Waals surface area contributed by atoms with E-state index in [-0.39, 0.29) is 6.10 Å². The molecule has 4 heteroatoms. The molecule has 1 atom stereocenters. The van der Waals surface area contributed by atoms with Crippen molar-refractivity contribution < 1.29 is 4.74 Å². The van der Waals surface area contributed by atoms with Gasteiger partial charge in [-0.3, -0.25) is 0 Å². The molecule has 1 aromatic carbocycles. The Morgan fingerprint density at radius 3 is 2.86 bits per heavy atom. The minimum atomic E-state index is 0.00941. The Kier molecular flexibility index (Phi) is 4.11. The first-order chi connectivity index (χ1) is 10.3. The highest BCUT2D eigenvalue weighted by molar-refractivity contribution is 6.30. The molecule has 3 aromatic rings. The van der Waals surface area contributed by atoms with Gasteiger partial charge in [0.15, 0.2) is 11.4 Å². The molecule has 0 spiro atoms. The average Bonchev–Trinajstić information content (AvgIpc) is 2.96. The van der Waals surface area contributed by atoms with Crippen LogP contribution < -0.4 is 4.74 Å². The molecular formula is C17H17ClN2O. The first kappa shape index (κ1) is 14.0. The number of ether oxygens (including phenoxy) is 1. The molecule has 0 radical (unpaired) electrons. The molecule has 0 saturated heterocycles. The van der Waals surface area contributed by atoms with E-state index in [1.807, 2.05) is 41.1 Å². The van der Waals surface area contributed by atoms with E-state index in [1.165, 1.54) is 5.56 Å². The SMILES string of the molecule is CCC[C@@H](Oc1cc(Cl)cn2ccnc12)c1ccccc1. The summed E-state index contributed by atoms with van der Waals surface area (Å²) in [6, 6.07) is 12.1.